The van der Waals surface area contributed by atoms with Gasteiger partial charge >= 0.3 is 0 Å². The lowest BCUT2D eigenvalue weighted by Gasteiger charge is -1.99. The average Bonchev–Trinajstić information content (AvgIpc) is 2.95. The fraction of sp³-hybridized carbons (Fsp3) is 0. The number of tetrazole rings is 1. The first-order chi connectivity index (χ1) is 10.6. The Hall–Kier alpha value is -3.70. The number of aromatic amines is 1. The van der Waals surface area contributed by atoms with Crippen molar-refractivity contribution in [2.24, 2.45) is 10.2 Å². The first-order valence-corrected chi connectivity index (χ1v) is 5.82. The molecule has 0 aliphatic rings. The van der Waals surface area contributed by atoms with Crippen molar-refractivity contribution < 1.29 is 4.92 Å². The zero-order chi connectivity index (χ0) is 15.7. The van der Waals surface area contributed by atoms with Crippen molar-refractivity contribution >= 4 is 28.7 Å². The molecule has 12 nitrogen and oxygen atoms in total. The van der Waals surface area contributed by atoms with E-state index in [2.05, 4.69) is 30.7 Å². The normalized spacial score (nSPS) is 11.3. The number of anilines is 1. The second kappa shape index (κ2) is 5.01. The van der Waals surface area contributed by atoms with E-state index < -0.39 is 10.5 Å². The molecule has 1 aromatic carbocycles. The van der Waals surface area contributed by atoms with E-state index in [1.54, 1.807) is 0 Å². The van der Waals surface area contributed by atoms with Crippen molar-refractivity contribution in [3.05, 3.63) is 44.7 Å². The summed E-state index contributed by atoms with van der Waals surface area (Å²) in [6.45, 7) is 0. The number of nitrogens with zero attached hydrogens (tertiary/aromatic N) is 7. The van der Waals surface area contributed by atoms with Crippen molar-refractivity contribution in [1.29, 1.82) is 0 Å². The minimum atomic E-state index is -0.631. The molecule has 3 N–H and O–H groups in total. The third-order valence-electron chi connectivity index (χ3n) is 2.69. The van der Waals surface area contributed by atoms with Crippen molar-refractivity contribution in [2.75, 3.05) is 5.73 Å². The van der Waals surface area contributed by atoms with Gasteiger partial charge in [-0.15, -0.1) is 10.2 Å². The summed E-state index contributed by atoms with van der Waals surface area (Å²) in [4.78, 5) is 24.3. The number of rotatable bonds is 3. The standard InChI is InChI=1S/C10H7N9O3/c11-8-7(9(20)12-10-15-16-17-18(8)10)14-13-5-2-1-3-6(4-5)19(21)22/h1-4H,11H2,(H,12,15,17,20). The Kier molecular flexibility index (Phi) is 3.02. The largest absolute Gasteiger partial charge is 0.381 e. The van der Waals surface area contributed by atoms with Crippen LogP contribution in [0.3, 0.4) is 0 Å². The monoisotopic (exact) mass is 301 g/mol. The van der Waals surface area contributed by atoms with Crippen LogP contribution < -0.4 is 11.3 Å². The molecule has 2 heterocycles. The molecule has 0 spiro atoms. The molecule has 12 heteroatoms. The van der Waals surface area contributed by atoms with Crippen LogP contribution in [0, 0.1) is 10.1 Å². The third-order valence-corrected chi connectivity index (χ3v) is 2.69. The molecule has 2 aromatic heterocycles. The summed E-state index contributed by atoms with van der Waals surface area (Å²) in [6.07, 6.45) is 0. The van der Waals surface area contributed by atoms with Gasteiger partial charge in [-0.05, 0) is 16.5 Å². The van der Waals surface area contributed by atoms with Gasteiger partial charge in [-0.3, -0.25) is 19.9 Å². The number of aromatic nitrogens is 5. The van der Waals surface area contributed by atoms with Gasteiger partial charge in [0.05, 0.1) is 10.6 Å². The smallest absolute Gasteiger partial charge is 0.282 e. The summed E-state index contributed by atoms with van der Waals surface area (Å²) in [6, 6.07) is 5.47. The van der Waals surface area contributed by atoms with Gasteiger partial charge in [0.2, 0.25) is 0 Å². The molecular weight excluding hydrogens is 294 g/mol. The minimum Gasteiger partial charge on any atom is -0.381 e. The number of nitro benzene ring substituents is 1. The fourth-order valence-electron chi connectivity index (χ4n) is 1.68. The Morgan fingerprint density at radius 3 is 2.95 bits per heavy atom. The number of hydrogen-bond donors (Lipinski definition) is 2. The van der Waals surface area contributed by atoms with Crippen LogP contribution in [0.1, 0.15) is 0 Å². The first kappa shape index (κ1) is 13.3. The highest BCUT2D eigenvalue weighted by Crippen LogP contribution is 2.23. The van der Waals surface area contributed by atoms with Gasteiger partial charge in [0.25, 0.3) is 17.0 Å². The highest BCUT2D eigenvalue weighted by molar-refractivity contribution is 5.59. The molecule has 0 saturated heterocycles. The zero-order valence-electron chi connectivity index (χ0n) is 10.7. The highest BCUT2D eigenvalue weighted by atomic mass is 16.6. The predicted octanol–water partition coefficient (Wildman–Crippen LogP) is 0.718. The number of benzene rings is 1. The van der Waals surface area contributed by atoms with E-state index in [-0.39, 0.29) is 28.7 Å². The molecule has 0 bridgehead atoms. The number of H-pyrrole nitrogens is 1. The molecule has 3 aromatic rings. The van der Waals surface area contributed by atoms with Crippen LogP contribution in [0.15, 0.2) is 39.3 Å². The summed E-state index contributed by atoms with van der Waals surface area (Å²) in [7, 11) is 0. The molecule has 3 rings (SSSR count). The summed E-state index contributed by atoms with van der Waals surface area (Å²) in [5, 5.41) is 28.7. The van der Waals surface area contributed by atoms with E-state index in [1.807, 2.05) is 0 Å². The topological polar surface area (TPSA) is 170 Å². The quantitative estimate of drug-likeness (QED) is 0.407. The van der Waals surface area contributed by atoms with Gasteiger partial charge in [0.15, 0.2) is 11.5 Å². The number of fused-ring (bicyclic) bond motifs is 1. The van der Waals surface area contributed by atoms with E-state index in [4.69, 9.17) is 5.73 Å². The number of nitrogens with two attached hydrogens (primary N) is 1. The molecule has 0 unspecified atom stereocenters. The lowest BCUT2D eigenvalue weighted by atomic mass is 10.3. The van der Waals surface area contributed by atoms with Crippen LogP contribution in [0.25, 0.3) is 5.78 Å². The maximum absolute atomic E-state index is 11.8. The van der Waals surface area contributed by atoms with E-state index in [9.17, 15) is 14.9 Å². The zero-order valence-corrected chi connectivity index (χ0v) is 10.7. The molecule has 0 aliphatic carbocycles. The van der Waals surface area contributed by atoms with Crippen LogP contribution in [0.2, 0.25) is 0 Å². The Labute approximate surface area is 120 Å². The van der Waals surface area contributed by atoms with Gasteiger partial charge in [0, 0.05) is 12.1 Å². The minimum absolute atomic E-state index is 0.0665. The summed E-state index contributed by atoms with van der Waals surface area (Å²) < 4.78 is 1.09. The molecular formula is C10H7N9O3. The Morgan fingerprint density at radius 1 is 1.36 bits per heavy atom. The van der Waals surface area contributed by atoms with Gasteiger partial charge in [-0.2, -0.15) is 4.52 Å². The van der Waals surface area contributed by atoms with Gasteiger partial charge in [0.1, 0.15) is 0 Å². The van der Waals surface area contributed by atoms with E-state index in [1.165, 1.54) is 24.3 Å². The summed E-state index contributed by atoms with van der Waals surface area (Å²) in [5.41, 5.74) is 4.97. The fourth-order valence-corrected chi connectivity index (χ4v) is 1.68. The van der Waals surface area contributed by atoms with Crippen molar-refractivity contribution in [2.45, 2.75) is 0 Å². The SMILES string of the molecule is Nc1c(N=Nc2cccc([N+](=O)[O-])c2)c(=O)[nH]c2nnnn12. The maximum Gasteiger partial charge on any atom is 0.282 e. The van der Waals surface area contributed by atoms with E-state index >= 15 is 0 Å². The van der Waals surface area contributed by atoms with E-state index in [0.29, 0.717) is 0 Å². The van der Waals surface area contributed by atoms with E-state index in [0.717, 1.165) is 4.52 Å². The van der Waals surface area contributed by atoms with Crippen molar-refractivity contribution in [3.63, 3.8) is 0 Å². The molecule has 0 atom stereocenters. The lowest BCUT2D eigenvalue weighted by Crippen LogP contribution is -2.13. The predicted molar refractivity (Wildman–Crippen MR) is 73.1 cm³/mol. The van der Waals surface area contributed by atoms with Gasteiger partial charge in [-0.1, -0.05) is 11.2 Å². The average molecular weight is 301 g/mol. The molecule has 0 amide bonds. The molecule has 110 valence electrons. The second-order valence-corrected chi connectivity index (χ2v) is 4.08. The lowest BCUT2D eigenvalue weighted by molar-refractivity contribution is -0.384. The Bertz CT molecular complexity index is 958. The van der Waals surface area contributed by atoms with Crippen LogP contribution in [0.4, 0.5) is 22.9 Å². The molecule has 0 saturated carbocycles. The summed E-state index contributed by atoms with van der Waals surface area (Å²) >= 11 is 0. The van der Waals surface area contributed by atoms with Gasteiger partial charge in [-0.25, -0.2) is 0 Å². The number of hydrogen-bond acceptors (Lipinski definition) is 9. The van der Waals surface area contributed by atoms with Crippen LogP contribution >= 0.6 is 0 Å². The van der Waals surface area contributed by atoms with Crippen LogP contribution in [-0.4, -0.2) is 29.9 Å². The number of nitrogens with one attached hydrogen (secondary N) is 1. The third kappa shape index (κ3) is 2.24. The Morgan fingerprint density at radius 2 is 2.18 bits per heavy atom. The maximum atomic E-state index is 11.8. The molecule has 0 radical (unpaired) electrons. The van der Waals surface area contributed by atoms with Crippen molar-refractivity contribution in [3.8, 4) is 0 Å². The highest BCUT2D eigenvalue weighted by Gasteiger charge is 2.12. The summed E-state index contributed by atoms with van der Waals surface area (Å²) in [5.74, 6) is -0.0327. The van der Waals surface area contributed by atoms with Crippen LogP contribution in [-0.2, 0) is 0 Å². The molecule has 22 heavy (non-hydrogen) atoms. The Balaban J connectivity index is 2.04. The molecule has 0 fully saturated rings. The molecule has 0 aliphatic heterocycles. The number of nitro groups is 1. The van der Waals surface area contributed by atoms with Crippen molar-refractivity contribution in [1.82, 2.24) is 25.0 Å². The van der Waals surface area contributed by atoms with Crippen LogP contribution in [0.5, 0.6) is 0 Å². The van der Waals surface area contributed by atoms with Gasteiger partial charge < -0.3 is 5.73 Å². The first-order valence-electron chi connectivity index (χ1n) is 5.82. The second-order valence-electron chi connectivity index (χ2n) is 4.08. The number of non-ortho nitro benzene ring substituents is 1. The number of azo groups is 1. The number of nitrogen functional groups attached to an aromatic ring is 1.